The Morgan fingerprint density at radius 3 is 2.48 bits per heavy atom. The Kier molecular flexibility index (Phi) is 4.75. The Balaban J connectivity index is 1.83. The molecular weight excluding hydrogens is 428 g/mol. The molecule has 2 N–H and O–H groups in total. The van der Waals surface area contributed by atoms with E-state index < -0.39 is 23.5 Å². The Hall–Kier alpha value is -2.98. The summed E-state index contributed by atoms with van der Waals surface area (Å²) in [6.07, 6.45) is -4.69. The van der Waals surface area contributed by atoms with Gasteiger partial charge in [0, 0.05) is 5.39 Å². The standard InChI is InChI=1S/C19H10F4N2O2S2/c20-9-3-5-10(6-4-9)27-18(26)16-15(24)14-11(19(21,22)23)8-12(25-17(14)29-16)13-2-1-7-28-13/h1-8H,24H2. The van der Waals surface area contributed by atoms with Crippen molar-refractivity contribution in [2.24, 2.45) is 0 Å². The van der Waals surface area contributed by atoms with Crippen molar-refractivity contribution >= 4 is 44.5 Å². The Labute approximate surface area is 169 Å². The van der Waals surface area contributed by atoms with Gasteiger partial charge >= 0.3 is 12.1 Å². The molecule has 0 amide bonds. The number of benzene rings is 1. The SMILES string of the molecule is Nc1c(C(=O)Oc2ccc(F)cc2)sc2nc(-c3cccs3)cc(C(F)(F)F)c12. The van der Waals surface area contributed by atoms with Gasteiger partial charge in [-0.3, -0.25) is 0 Å². The molecule has 4 nitrogen and oxygen atoms in total. The summed E-state index contributed by atoms with van der Waals surface area (Å²) in [4.78, 5) is 17.1. The van der Waals surface area contributed by atoms with Crippen LogP contribution in [0.4, 0.5) is 23.2 Å². The van der Waals surface area contributed by atoms with Crippen molar-refractivity contribution in [2.75, 3.05) is 5.73 Å². The quantitative estimate of drug-likeness (QED) is 0.243. The van der Waals surface area contributed by atoms with Crippen LogP contribution in [0.25, 0.3) is 20.8 Å². The number of anilines is 1. The molecular formula is C19H10F4N2O2S2. The maximum absolute atomic E-state index is 13.7. The van der Waals surface area contributed by atoms with Crippen molar-refractivity contribution in [1.29, 1.82) is 0 Å². The molecule has 3 heterocycles. The van der Waals surface area contributed by atoms with Crippen molar-refractivity contribution in [3.63, 3.8) is 0 Å². The number of ether oxygens (including phenoxy) is 1. The van der Waals surface area contributed by atoms with E-state index in [4.69, 9.17) is 10.5 Å². The van der Waals surface area contributed by atoms with E-state index in [1.807, 2.05) is 0 Å². The molecule has 0 saturated heterocycles. The summed E-state index contributed by atoms with van der Waals surface area (Å²) in [5.74, 6) is -1.43. The number of fused-ring (bicyclic) bond motifs is 1. The maximum Gasteiger partial charge on any atom is 0.417 e. The Morgan fingerprint density at radius 2 is 1.86 bits per heavy atom. The lowest BCUT2D eigenvalue weighted by Crippen LogP contribution is -2.10. The number of nitrogens with zero attached hydrogens (tertiary/aromatic N) is 1. The van der Waals surface area contributed by atoms with Crippen LogP contribution in [0, 0.1) is 5.82 Å². The van der Waals surface area contributed by atoms with E-state index in [1.54, 1.807) is 17.5 Å². The number of thiophene rings is 2. The summed E-state index contributed by atoms with van der Waals surface area (Å²) in [5.41, 5.74) is 4.71. The topological polar surface area (TPSA) is 65.2 Å². The van der Waals surface area contributed by atoms with Crippen LogP contribution >= 0.6 is 22.7 Å². The number of aromatic nitrogens is 1. The molecule has 0 spiro atoms. The Morgan fingerprint density at radius 1 is 1.14 bits per heavy atom. The third-order valence-electron chi connectivity index (χ3n) is 3.99. The molecule has 0 atom stereocenters. The lowest BCUT2D eigenvalue weighted by Gasteiger charge is -2.10. The number of carbonyl (C=O) groups is 1. The van der Waals surface area contributed by atoms with Gasteiger partial charge in [-0.25, -0.2) is 14.2 Å². The number of nitrogen functional groups attached to an aromatic ring is 1. The van der Waals surface area contributed by atoms with Crippen LogP contribution in [0.15, 0.2) is 47.8 Å². The second-order valence-corrected chi connectivity index (χ2v) is 7.85. The predicted octanol–water partition coefficient (Wildman–Crippen LogP) is 5.98. The van der Waals surface area contributed by atoms with Gasteiger partial charge in [0.25, 0.3) is 0 Å². The number of hydrogen-bond donors (Lipinski definition) is 1. The maximum atomic E-state index is 13.7. The average Bonchev–Trinajstić information content (AvgIpc) is 3.30. The second-order valence-electron chi connectivity index (χ2n) is 5.90. The van der Waals surface area contributed by atoms with Crippen LogP contribution < -0.4 is 10.5 Å². The number of alkyl halides is 3. The zero-order valence-corrected chi connectivity index (χ0v) is 15.9. The van der Waals surface area contributed by atoms with Crippen molar-refractivity contribution in [2.45, 2.75) is 6.18 Å². The summed E-state index contributed by atoms with van der Waals surface area (Å²) in [5, 5.41) is 1.39. The van der Waals surface area contributed by atoms with Crippen LogP contribution in [-0.2, 0) is 6.18 Å². The first-order chi connectivity index (χ1) is 13.7. The normalized spacial score (nSPS) is 11.7. The molecule has 0 bridgehead atoms. The number of pyridine rings is 1. The van der Waals surface area contributed by atoms with Gasteiger partial charge in [0.2, 0.25) is 0 Å². The lowest BCUT2D eigenvalue weighted by atomic mass is 10.1. The third kappa shape index (κ3) is 3.68. The molecule has 0 saturated carbocycles. The van der Waals surface area contributed by atoms with Crippen LogP contribution in [0.2, 0.25) is 0 Å². The molecule has 10 heteroatoms. The van der Waals surface area contributed by atoms with Gasteiger partial charge in [-0.15, -0.1) is 22.7 Å². The van der Waals surface area contributed by atoms with Gasteiger partial charge in [0.05, 0.1) is 21.8 Å². The summed E-state index contributed by atoms with van der Waals surface area (Å²) >= 11 is 1.96. The minimum absolute atomic E-state index is 0.0215. The fourth-order valence-corrected chi connectivity index (χ4v) is 4.39. The van der Waals surface area contributed by atoms with Crippen LogP contribution in [0.5, 0.6) is 5.75 Å². The van der Waals surface area contributed by atoms with E-state index in [0.717, 1.165) is 18.2 Å². The zero-order chi connectivity index (χ0) is 20.8. The number of nitrogens with two attached hydrogens (primary N) is 1. The number of carbonyl (C=O) groups excluding carboxylic acids is 1. The van der Waals surface area contributed by atoms with E-state index in [2.05, 4.69) is 4.98 Å². The molecule has 0 radical (unpaired) electrons. The van der Waals surface area contributed by atoms with Crippen molar-refractivity contribution in [3.8, 4) is 16.3 Å². The molecule has 4 aromatic rings. The van der Waals surface area contributed by atoms with Gasteiger partial charge < -0.3 is 10.5 Å². The van der Waals surface area contributed by atoms with E-state index >= 15 is 0 Å². The molecule has 3 aromatic heterocycles. The minimum Gasteiger partial charge on any atom is -0.422 e. The molecule has 0 fully saturated rings. The largest absolute Gasteiger partial charge is 0.422 e. The molecule has 0 aliphatic rings. The molecule has 148 valence electrons. The zero-order valence-electron chi connectivity index (χ0n) is 14.3. The minimum atomic E-state index is -4.69. The highest BCUT2D eigenvalue weighted by Crippen LogP contribution is 2.44. The van der Waals surface area contributed by atoms with E-state index in [9.17, 15) is 22.4 Å². The highest BCUT2D eigenvalue weighted by atomic mass is 32.1. The molecule has 4 rings (SSSR count). The fraction of sp³-hybridized carbons (Fsp3) is 0.0526. The monoisotopic (exact) mass is 438 g/mol. The van der Waals surface area contributed by atoms with Crippen LogP contribution in [-0.4, -0.2) is 11.0 Å². The van der Waals surface area contributed by atoms with Gasteiger partial charge in [-0.1, -0.05) is 6.07 Å². The van der Waals surface area contributed by atoms with E-state index in [-0.39, 0.29) is 32.2 Å². The molecule has 0 aliphatic heterocycles. The number of hydrogen-bond acceptors (Lipinski definition) is 6. The van der Waals surface area contributed by atoms with Gasteiger partial charge in [0.15, 0.2) is 0 Å². The van der Waals surface area contributed by atoms with Crippen molar-refractivity contribution in [1.82, 2.24) is 4.98 Å². The van der Waals surface area contributed by atoms with E-state index in [0.29, 0.717) is 16.2 Å². The summed E-state index contributed by atoms with van der Waals surface area (Å²) in [6, 6.07) is 8.91. The first-order valence-electron chi connectivity index (χ1n) is 8.06. The second kappa shape index (κ2) is 7.12. The number of halogens is 4. The third-order valence-corrected chi connectivity index (χ3v) is 5.96. The Bertz CT molecular complexity index is 1200. The van der Waals surface area contributed by atoms with Crippen LogP contribution in [0.1, 0.15) is 15.2 Å². The van der Waals surface area contributed by atoms with Crippen LogP contribution in [0.3, 0.4) is 0 Å². The first-order valence-corrected chi connectivity index (χ1v) is 9.75. The van der Waals surface area contributed by atoms with E-state index in [1.165, 1.54) is 23.5 Å². The molecule has 29 heavy (non-hydrogen) atoms. The van der Waals surface area contributed by atoms with Gasteiger partial charge in [0.1, 0.15) is 21.3 Å². The summed E-state index contributed by atoms with van der Waals surface area (Å²) in [6.45, 7) is 0. The lowest BCUT2D eigenvalue weighted by molar-refractivity contribution is -0.136. The van der Waals surface area contributed by atoms with Gasteiger partial charge in [-0.2, -0.15) is 13.2 Å². The van der Waals surface area contributed by atoms with Crippen molar-refractivity contribution in [3.05, 3.63) is 64.1 Å². The smallest absolute Gasteiger partial charge is 0.417 e. The number of esters is 1. The average molecular weight is 438 g/mol. The fourth-order valence-electron chi connectivity index (χ4n) is 2.70. The highest BCUT2D eigenvalue weighted by molar-refractivity contribution is 7.21. The number of rotatable bonds is 3. The molecule has 1 aromatic carbocycles. The predicted molar refractivity (Wildman–Crippen MR) is 104 cm³/mol. The molecule has 0 unspecified atom stereocenters. The van der Waals surface area contributed by atoms with Gasteiger partial charge in [-0.05, 0) is 41.8 Å². The summed E-state index contributed by atoms with van der Waals surface area (Å²) < 4.78 is 59.2. The van der Waals surface area contributed by atoms with Crippen molar-refractivity contribution < 1.29 is 27.1 Å². The molecule has 0 aliphatic carbocycles. The summed E-state index contributed by atoms with van der Waals surface area (Å²) in [7, 11) is 0. The highest BCUT2D eigenvalue weighted by Gasteiger charge is 2.36. The first kappa shape index (κ1) is 19.3.